The molecular weight excluding hydrogens is 611 g/mol. The summed E-state index contributed by atoms with van der Waals surface area (Å²) in [6, 6.07) is 61.1. The number of benzene rings is 7. The zero-order valence-corrected chi connectivity index (χ0v) is 27.0. The lowest BCUT2D eigenvalue weighted by atomic mass is 9.94. The average molecular weight is 640 g/mol. The number of hydrogen-bond acceptors (Lipinski definition) is 3. The maximum Gasteiger partial charge on any atom is 0.161 e. The monoisotopic (exact) mass is 639 g/mol. The lowest BCUT2D eigenvalue weighted by molar-refractivity contribution is 0.669. The second kappa shape index (κ2) is 11.4. The van der Waals surface area contributed by atoms with Gasteiger partial charge in [0.05, 0.1) is 33.5 Å². The fourth-order valence-electron chi connectivity index (χ4n) is 7.47. The summed E-state index contributed by atoms with van der Waals surface area (Å²) in [4.78, 5) is 10.9. The maximum absolute atomic E-state index is 6.63. The fourth-order valence-corrected chi connectivity index (χ4v) is 7.47. The lowest BCUT2D eigenvalue weighted by Gasteiger charge is -2.17. The first kappa shape index (κ1) is 28.3. The van der Waals surface area contributed by atoms with Crippen molar-refractivity contribution in [2.45, 2.75) is 0 Å². The highest BCUT2D eigenvalue weighted by Gasteiger charge is 2.24. The van der Waals surface area contributed by atoms with Crippen LogP contribution < -0.4 is 0 Å². The Balaban J connectivity index is 1.32. The molecule has 4 heteroatoms. The maximum atomic E-state index is 6.63. The molecule has 0 fully saturated rings. The number of aromatic nitrogens is 3. The van der Waals surface area contributed by atoms with Gasteiger partial charge in [-0.3, -0.25) is 0 Å². The number of hydrogen-bond donors (Lipinski definition) is 0. The highest BCUT2D eigenvalue weighted by molar-refractivity contribution is 6.18. The van der Waals surface area contributed by atoms with Gasteiger partial charge < -0.3 is 8.98 Å². The molecule has 0 saturated carbocycles. The van der Waals surface area contributed by atoms with E-state index in [2.05, 4.69) is 150 Å². The van der Waals surface area contributed by atoms with Crippen LogP contribution in [0.2, 0.25) is 0 Å². The minimum Gasteiger partial charge on any atom is -0.456 e. The zero-order valence-electron chi connectivity index (χ0n) is 27.0. The Kier molecular flexibility index (Phi) is 6.46. The summed E-state index contributed by atoms with van der Waals surface area (Å²) < 4.78 is 9.00. The summed E-state index contributed by atoms with van der Waals surface area (Å²) in [5.41, 5.74) is 11.8. The highest BCUT2D eigenvalue weighted by atomic mass is 16.3. The molecule has 0 bridgehead atoms. The Morgan fingerprint density at radius 3 is 1.46 bits per heavy atom. The summed E-state index contributed by atoms with van der Waals surface area (Å²) in [6.45, 7) is 0. The number of furan rings is 1. The van der Waals surface area contributed by atoms with Gasteiger partial charge in [0.2, 0.25) is 0 Å². The van der Waals surface area contributed by atoms with Crippen molar-refractivity contribution in [3.8, 4) is 50.7 Å². The summed E-state index contributed by atoms with van der Waals surface area (Å²) >= 11 is 0. The van der Waals surface area contributed by atoms with Crippen LogP contribution in [0, 0.1) is 0 Å². The molecule has 0 aliphatic heterocycles. The Morgan fingerprint density at radius 2 is 0.880 bits per heavy atom. The molecule has 7 aromatic carbocycles. The van der Waals surface area contributed by atoms with E-state index < -0.39 is 0 Å². The van der Waals surface area contributed by atoms with Gasteiger partial charge in [-0.2, -0.15) is 0 Å². The molecular formula is C46H29N3O. The summed E-state index contributed by atoms with van der Waals surface area (Å²) in [5, 5.41) is 4.45. The number of para-hydroxylation sites is 2. The predicted octanol–water partition coefficient (Wildman–Crippen LogP) is 12.1. The lowest BCUT2D eigenvalue weighted by Crippen LogP contribution is -2.01. The average Bonchev–Trinajstić information content (AvgIpc) is 3.75. The third-order valence-electron chi connectivity index (χ3n) is 9.63. The van der Waals surface area contributed by atoms with E-state index in [4.69, 9.17) is 14.4 Å². The minimum atomic E-state index is 0.646. The molecule has 0 atom stereocenters. The SMILES string of the molecule is c1ccc(-c2nc(-c3cccc4oc5cccc(-n6c7ccccc7c7ccccc76)c5c34)nc(-c3ccccc3)c2-c2ccccc2)cc1. The standard InChI is InChI=1S/C46H29N3O/c1-4-16-30(17-5-1)41-44(31-18-6-2-7-19-31)47-46(48-45(41)32-20-8-3-9-21-32)35-24-14-28-39-42(35)43-38(27-15-29-40(43)50-39)49-36-25-12-10-22-33(36)34-23-11-13-26-37(34)49/h1-29H. The molecule has 0 unspecified atom stereocenters. The second-order valence-corrected chi connectivity index (χ2v) is 12.5. The molecule has 0 saturated heterocycles. The molecule has 0 radical (unpaired) electrons. The molecule has 0 N–H and O–H groups in total. The largest absolute Gasteiger partial charge is 0.456 e. The first-order valence-electron chi connectivity index (χ1n) is 16.8. The second-order valence-electron chi connectivity index (χ2n) is 12.5. The van der Waals surface area contributed by atoms with Crippen molar-refractivity contribution in [2.75, 3.05) is 0 Å². The van der Waals surface area contributed by atoms with E-state index in [1.165, 1.54) is 10.8 Å². The molecule has 234 valence electrons. The number of rotatable bonds is 5. The van der Waals surface area contributed by atoms with Gasteiger partial charge in [-0.25, -0.2) is 9.97 Å². The third-order valence-corrected chi connectivity index (χ3v) is 9.63. The van der Waals surface area contributed by atoms with E-state index in [9.17, 15) is 0 Å². The number of nitrogens with zero attached hydrogens (tertiary/aromatic N) is 3. The Hall–Kier alpha value is -6.78. The molecule has 3 heterocycles. The first-order valence-corrected chi connectivity index (χ1v) is 16.8. The zero-order chi connectivity index (χ0) is 33.0. The summed E-state index contributed by atoms with van der Waals surface area (Å²) in [5.74, 6) is 0.646. The van der Waals surface area contributed by atoms with Crippen LogP contribution in [0.3, 0.4) is 0 Å². The van der Waals surface area contributed by atoms with E-state index in [0.29, 0.717) is 5.82 Å². The fraction of sp³-hybridized carbons (Fsp3) is 0. The highest BCUT2D eigenvalue weighted by Crippen LogP contribution is 2.44. The molecule has 10 rings (SSSR count). The summed E-state index contributed by atoms with van der Waals surface area (Å²) in [6.07, 6.45) is 0. The molecule has 3 aromatic heterocycles. The third kappa shape index (κ3) is 4.39. The Bertz CT molecular complexity index is 2740. The van der Waals surface area contributed by atoms with Crippen molar-refractivity contribution in [1.29, 1.82) is 0 Å². The van der Waals surface area contributed by atoms with Crippen molar-refractivity contribution < 1.29 is 4.42 Å². The van der Waals surface area contributed by atoms with Gasteiger partial charge in [-0.1, -0.05) is 146 Å². The Labute approximate surface area is 288 Å². The van der Waals surface area contributed by atoms with Crippen molar-refractivity contribution in [3.63, 3.8) is 0 Å². The van der Waals surface area contributed by atoms with Crippen molar-refractivity contribution >= 4 is 43.7 Å². The molecule has 0 amide bonds. The van der Waals surface area contributed by atoms with Gasteiger partial charge in [0.1, 0.15) is 11.2 Å². The van der Waals surface area contributed by atoms with E-state index >= 15 is 0 Å². The van der Waals surface area contributed by atoms with E-state index in [1.54, 1.807) is 0 Å². The quantitative estimate of drug-likeness (QED) is 0.188. The Morgan fingerprint density at radius 1 is 0.400 bits per heavy atom. The molecule has 0 aliphatic rings. The predicted molar refractivity (Wildman–Crippen MR) is 205 cm³/mol. The van der Waals surface area contributed by atoms with Gasteiger partial charge in [-0.05, 0) is 35.9 Å². The van der Waals surface area contributed by atoms with Gasteiger partial charge in [0.15, 0.2) is 5.82 Å². The molecule has 10 aromatic rings. The number of fused-ring (bicyclic) bond motifs is 6. The molecule has 0 spiro atoms. The smallest absolute Gasteiger partial charge is 0.161 e. The van der Waals surface area contributed by atoms with Gasteiger partial charge in [0, 0.05) is 38.4 Å². The van der Waals surface area contributed by atoms with E-state index in [-0.39, 0.29) is 0 Å². The normalized spacial score (nSPS) is 11.6. The van der Waals surface area contributed by atoms with Crippen LogP contribution in [-0.4, -0.2) is 14.5 Å². The van der Waals surface area contributed by atoms with Crippen molar-refractivity contribution in [1.82, 2.24) is 14.5 Å². The van der Waals surface area contributed by atoms with Gasteiger partial charge in [0.25, 0.3) is 0 Å². The van der Waals surface area contributed by atoms with Crippen molar-refractivity contribution in [2.24, 2.45) is 0 Å². The van der Waals surface area contributed by atoms with Crippen molar-refractivity contribution in [3.05, 3.63) is 176 Å². The van der Waals surface area contributed by atoms with Gasteiger partial charge >= 0.3 is 0 Å². The van der Waals surface area contributed by atoms with Gasteiger partial charge in [-0.15, -0.1) is 0 Å². The van der Waals surface area contributed by atoms with Crippen LogP contribution in [0.15, 0.2) is 180 Å². The van der Waals surface area contributed by atoms with E-state index in [1.807, 2.05) is 30.3 Å². The minimum absolute atomic E-state index is 0.646. The molecule has 0 aliphatic carbocycles. The van der Waals surface area contributed by atoms with Crippen LogP contribution in [0.1, 0.15) is 0 Å². The van der Waals surface area contributed by atoms with E-state index in [0.717, 1.165) is 77.9 Å². The van der Waals surface area contributed by atoms with Crippen LogP contribution in [-0.2, 0) is 0 Å². The van der Waals surface area contributed by atoms with Crippen LogP contribution >= 0.6 is 0 Å². The summed E-state index contributed by atoms with van der Waals surface area (Å²) in [7, 11) is 0. The molecule has 50 heavy (non-hydrogen) atoms. The topological polar surface area (TPSA) is 43.9 Å². The van der Waals surface area contributed by atoms with Crippen LogP contribution in [0.5, 0.6) is 0 Å². The van der Waals surface area contributed by atoms with Crippen LogP contribution in [0.25, 0.3) is 94.5 Å². The van der Waals surface area contributed by atoms with Crippen LogP contribution in [0.4, 0.5) is 0 Å². The molecule has 4 nitrogen and oxygen atoms in total. The first-order chi connectivity index (χ1) is 24.8.